The maximum atomic E-state index is 12.2. The van der Waals surface area contributed by atoms with E-state index in [9.17, 15) is 9.90 Å². The van der Waals surface area contributed by atoms with Crippen molar-refractivity contribution in [3.05, 3.63) is 59.2 Å². The lowest BCUT2D eigenvalue weighted by atomic mass is 10.1. The number of rotatable bonds is 4. The first-order valence-electron chi connectivity index (χ1n) is 6.36. The van der Waals surface area contributed by atoms with Crippen molar-refractivity contribution in [1.29, 1.82) is 0 Å². The molecule has 4 heteroatoms. The van der Waals surface area contributed by atoms with E-state index in [-0.39, 0.29) is 11.7 Å². The molecule has 0 aromatic heterocycles. The molecule has 0 unspecified atom stereocenters. The van der Waals surface area contributed by atoms with Gasteiger partial charge in [0.25, 0.3) is 5.91 Å². The molecule has 0 bridgehead atoms. The van der Waals surface area contributed by atoms with Gasteiger partial charge in [-0.1, -0.05) is 28.1 Å². The van der Waals surface area contributed by atoms with Crippen LogP contribution in [0.25, 0.3) is 0 Å². The fourth-order valence-electron chi connectivity index (χ4n) is 1.96. The summed E-state index contributed by atoms with van der Waals surface area (Å²) in [5, 5.41) is 13.1. The van der Waals surface area contributed by atoms with E-state index < -0.39 is 0 Å². The summed E-state index contributed by atoms with van der Waals surface area (Å²) in [6, 6.07) is 12.5. The normalized spacial score (nSPS) is 10.3. The molecule has 2 rings (SSSR count). The number of anilines is 1. The molecule has 0 atom stereocenters. The van der Waals surface area contributed by atoms with E-state index in [2.05, 4.69) is 21.2 Å². The molecule has 3 nitrogen and oxygen atoms in total. The molecule has 0 spiro atoms. The van der Waals surface area contributed by atoms with E-state index in [1.807, 2.05) is 24.3 Å². The lowest BCUT2D eigenvalue weighted by molar-refractivity contribution is 0.102. The van der Waals surface area contributed by atoms with Crippen LogP contribution in [0.15, 0.2) is 42.5 Å². The van der Waals surface area contributed by atoms with E-state index in [1.165, 1.54) is 11.6 Å². The zero-order valence-corrected chi connectivity index (χ0v) is 12.8. The van der Waals surface area contributed by atoms with Gasteiger partial charge in [0.1, 0.15) is 5.75 Å². The molecule has 104 valence electrons. The van der Waals surface area contributed by atoms with Gasteiger partial charge in [0.15, 0.2) is 0 Å². The van der Waals surface area contributed by atoms with Crippen LogP contribution in [0, 0.1) is 6.92 Å². The third-order valence-electron chi connectivity index (χ3n) is 3.05. The Bertz CT molecular complexity index is 608. The van der Waals surface area contributed by atoms with Gasteiger partial charge in [-0.25, -0.2) is 0 Å². The van der Waals surface area contributed by atoms with Gasteiger partial charge in [-0.2, -0.15) is 0 Å². The van der Waals surface area contributed by atoms with Gasteiger partial charge < -0.3 is 10.4 Å². The van der Waals surface area contributed by atoms with Gasteiger partial charge in [0, 0.05) is 16.6 Å². The Morgan fingerprint density at radius 3 is 2.50 bits per heavy atom. The van der Waals surface area contributed by atoms with E-state index in [0.717, 1.165) is 23.0 Å². The molecule has 2 aromatic carbocycles. The standard InChI is InChI=1S/C16H16BrNO2/c1-11-10-14(19)6-7-15(11)16(20)18-13-4-2-12(3-5-13)8-9-17/h2-7,10,19H,8-9H2,1H3,(H,18,20). The number of phenols is 1. The molecule has 0 fully saturated rings. The number of alkyl halides is 1. The summed E-state index contributed by atoms with van der Waals surface area (Å²) in [6.07, 6.45) is 0.964. The van der Waals surface area contributed by atoms with Crippen LogP contribution in [0.5, 0.6) is 5.75 Å². The fraction of sp³-hybridized carbons (Fsp3) is 0.188. The Labute approximate surface area is 126 Å². The highest BCUT2D eigenvalue weighted by Gasteiger charge is 2.09. The van der Waals surface area contributed by atoms with Crippen LogP contribution in [0.4, 0.5) is 5.69 Å². The minimum absolute atomic E-state index is 0.165. The van der Waals surface area contributed by atoms with Crippen LogP contribution in [-0.2, 0) is 6.42 Å². The van der Waals surface area contributed by atoms with Crippen LogP contribution in [0.1, 0.15) is 21.5 Å². The van der Waals surface area contributed by atoms with Crippen molar-refractivity contribution in [2.75, 3.05) is 10.6 Å². The first-order valence-corrected chi connectivity index (χ1v) is 7.48. The van der Waals surface area contributed by atoms with Gasteiger partial charge >= 0.3 is 0 Å². The van der Waals surface area contributed by atoms with E-state index in [0.29, 0.717) is 5.56 Å². The largest absolute Gasteiger partial charge is 0.508 e. The Morgan fingerprint density at radius 2 is 1.90 bits per heavy atom. The number of hydrogen-bond donors (Lipinski definition) is 2. The number of hydrogen-bond acceptors (Lipinski definition) is 2. The molecule has 0 aliphatic heterocycles. The first-order chi connectivity index (χ1) is 9.60. The number of nitrogens with one attached hydrogen (secondary N) is 1. The monoisotopic (exact) mass is 333 g/mol. The van der Waals surface area contributed by atoms with Crippen LogP contribution in [0.2, 0.25) is 0 Å². The molecule has 20 heavy (non-hydrogen) atoms. The van der Waals surface area contributed by atoms with Gasteiger partial charge in [0.05, 0.1) is 0 Å². The number of benzene rings is 2. The smallest absolute Gasteiger partial charge is 0.255 e. The topological polar surface area (TPSA) is 49.3 Å². The lowest BCUT2D eigenvalue weighted by Crippen LogP contribution is -2.13. The Morgan fingerprint density at radius 1 is 1.20 bits per heavy atom. The first kappa shape index (κ1) is 14.6. The highest BCUT2D eigenvalue weighted by atomic mass is 79.9. The summed E-state index contributed by atoms with van der Waals surface area (Å²) in [6.45, 7) is 1.80. The average Bonchev–Trinajstić information content (AvgIpc) is 2.41. The SMILES string of the molecule is Cc1cc(O)ccc1C(=O)Nc1ccc(CCBr)cc1. The maximum absolute atomic E-state index is 12.2. The highest BCUT2D eigenvalue weighted by molar-refractivity contribution is 9.09. The van der Waals surface area contributed by atoms with Crippen molar-refractivity contribution >= 4 is 27.5 Å². The summed E-state index contributed by atoms with van der Waals surface area (Å²) in [5.74, 6) is -0.00563. The minimum atomic E-state index is -0.171. The number of carbonyl (C=O) groups excluding carboxylic acids is 1. The van der Waals surface area contributed by atoms with Crippen molar-refractivity contribution in [3.8, 4) is 5.75 Å². The second-order valence-corrected chi connectivity index (χ2v) is 5.38. The third-order valence-corrected chi connectivity index (χ3v) is 3.45. The maximum Gasteiger partial charge on any atom is 0.255 e. The highest BCUT2D eigenvalue weighted by Crippen LogP contribution is 2.18. The quantitative estimate of drug-likeness (QED) is 0.834. The van der Waals surface area contributed by atoms with Gasteiger partial charge in [0.2, 0.25) is 0 Å². The summed E-state index contributed by atoms with van der Waals surface area (Å²) >= 11 is 3.40. The number of phenolic OH excluding ortho intramolecular Hbond substituents is 1. The number of aromatic hydroxyl groups is 1. The summed E-state index contributed by atoms with van der Waals surface area (Å²) in [4.78, 5) is 12.2. The molecule has 0 saturated carbocycles. The number of amides is 1. The molecule has 0 aliphatic carbocycles. The summed E-state index contributed by atoms with van der Waals surface area (Å²) in [7, 11) is 0. The van der Waals surface area contributed by atoms with Crippen molar-refractivity contribution in [2.45, 2.75) is 13.3 Å². The fourth-order valence-corrected chi connectivity index (χ4v) is 2.42. The molecule has 2 N–H and O–H groups in total. The van der Waals surface area contributed by atoms with Crippen LogP contribution in [0.3, 0.4) is 0 Å². The molecule has 2 aromatic rings. The number of aryl methyl sites for hydroxylation is 2. The van der Waals surface area contributed by atoms with Crippen LogP contribution in [-0.4, -0.2) is 16.3 Å². The van der Waals surface area contributed by atoms with E-state index in [1.54, 1.807) is 19.1 Å². The van der Waals surface area contributed by atoms with Crippen molar-refractivity contribution in [1.82, 2.24) is 0 Å². The summed E-state index contributed by atoms with van der Waals surface area (Å²) < 4.78 is 0. The second-order valence-electron chi connectivity index (χ2n) is 4.59. The predicted octanol–water partition coefficient (Wildman–Crippen LogP) is 3.89. The molecular weight excluding hydrogens is 318 g/mol. The molecule has 0 radical (unpaired) electrons. The lowest BCUT2D eigenvalue weighted by Gasteiger charge is -2.08. The Kier molecular flexibility index (Phi) is 4.79. The Balaban J connectivity index is 2.11. The predicted molar refractivity (Wildman–Crippen MR) is 84.7 cm³/mol. The second kappa shape index (κ2) is 6.57. The van der Waals surface area contributed by atoms with Crippen molar-refractivity contribution < 1.29 is 9.90 Å². The van der Waals surface area contributed by atoms with E-state index in [4.69, 9.17) is 0 Å². The van der Waals surface area contributed by atoms with E-state index >= 15 is 0 Å². The molecule has 0 saturated heterocycles. The molecule has 0 aliphatic rings. The zero-order chi connectivity index (χ0) is 14.5. The molecule has 1 amide bonds. The number of carbonyl (C=O) groups is 1. The molecular formula is C16H16BrNO2. The average molecular weight is 334 g/mol. The van der Waals surface area contributed by atoms with Gasteiger partial charge in [-0.15, -0.1) is 0 Å². The Hall–Kier alpha value is -1.81. The minimum Gasteiger partial charge on any atom is -0.508 e. The van der Waals surface area contributed by atoms with Gasteiger partial charge in [-0.3, -0.25) is 4.79 Å². The van der Waals surface area contributed by atoms with Crippen LogP contribution < -0.4 is 5.32 Å². The van der Waals surface area contributed by atoms with Gasteiger partial charge in [-0.05, 0) is 54.8 Å². The van der Waals surface area contributed by atoms with Crippen molar-refractivity contribution in [2.24, 2.45) is 0 Å². The third kappa shape index (κ3) is 3.61. The number of halogens is 1. The molecule has 0 heterocycles. The van der Waals surface area contributed by atoms with Crippen molar-refractivity contribution in [3.63, 3.8) is 0 Å². The van der Waals surface area contributed by atoms with Crippen LogP contribution >= 0.6 is 15.9 Å². The zero-order valence-electron chi connectivity index (χ0n) is 11.2. The summed E-state index contributed by atoms with van der Waals surface area (Å²) in [5.41, 5.74) is 3.30.